The maximum atomic E-state index is 11.9. The van der Waals surface area contributed by atoms with Crippen LogP contribution in [0.15, 0.2) is 51.3 Å². The minimum Gasteiger partial charge on any atom is -0.383 e. The lowest BCUT2D eigenvalue weighted by Gasteiger charge is -2.04. The average molecular weight is 301 g/mol. The normalized spacial score (nSPS) is 10.9. The quantitative estimate of drug-likeness (QED) is 0.543. The summed E-state index contributed by atoms with van der Waals surface area (Å²) in [6, 6.07) is 8.02. The number of aromatic amines is 1. The molecule has 3 aromatic heterocycles. The third-order valence-electron chi connectivity index (χ3n) is 2.72. The molecule has 0 radical (unpaired) electrons. The van der Waals surface area contributed by atoms with E-state index < -0.39 is 0 Å². The first-order valence-corrected chi connectivity index (χ1v) is 7.07. The molecule has 0 spiro atoms. The number of pyridine rings is 1. The average Bonchev–Trinajstić information content (AvgIpc) is 2.44. The smallest absolute Gasteiger partial charge is 0.258 e. The van der Waals surface area contributed by atoms with Crippen LogP contribution in [0.5, 0.6) is 0 Å². The van der Waals surface area contributed by atoms with E-state index in [2.05, 4.69) is 15.0 Å². The minimum absolute atomic E-state index is 0.148. The molecule has 7 nitrogen and oxygen atoms in total. The summed E-state index contributed by atoms with van der Waals surface area (Å²) in [6.45, 7) is 0. The van der Waals surface area contributed by atoms with Gasteiger partial charge in [0.15, 0.2) is 5.16 Å². The first kappa shape index (κ1) is 13.4. The van der Waals surface area contributed by atoms with Crippen LogP contribution in [-0.4, -0.2) is 19.4 Å². The predicted octanol–water partition coefficient (Wildman–Crippen LogP) is 0.652. The molecule has 3 rings (SSSR count). The van der Waals surface area contributed by atoms with Crippen LogP contribution in [0, 0.1) is 0 Å². The van der Waals surface area contributed by atoms with Gasteiger partial charge in [0.1, 0.15) is 11.5 Å². The number of thioether (sulfide) groups is 1. The Morgan fingerprint density at radius 2 is 2.10 bits per heavy atom. The van der Waals surface area contributed by atoms with E-state index in [4.69, 9.17) is 5.73 Å². The second kappa shape index (κ2) is 5.41. The molecule has 3 heterocycles. The Bertz CT molecular complexity index is 918. The fourth-order valence-electron chi connectivity index (χ4n) is 1.84. The van der Waals surface area contributed by atoms with E-state index in [1.54, 1.807) is 18.3 Å². The van der Waals surface area contributed by atoms with Gasteiger partial charge in [-0.2, -0.15) is 0 Å². The molecule has 0 saturated carbocycles. The van der Waals surface area contributed by atoms with Crippen LogP contribution in [0.25, 0.3) is 5.65 Å². The summed E-state index contributed by atoms with van der Waals surface area (Å²) in [7, 11) is 0. The number of nitrogens with zero attached hydrogens (tertiary/aromatic N) is 3. The number of hydrogen-bond donors (Lipinski definition) is 2. The molecule has 0 bridgehead atoms. The van der Waals surface area contributed by atoms with Gasteiger partial charge < -0.3 is 10.7 Å². The monoisotopic (exact) mass is 301 g/mol. The molecule has 21 heavy (non-hydrogen) atoms. The molecular weight excluding hydrogens is 290 g/mol. The lowest BCUT2D eigenvalue weighted by molar-refractivity contribution is 0.941. The second-order valence-electron chi connectivity index (χ2n) is 4.28. The highest BCUT2D eigenvalue weighted by Gasteiger charge is 2.05. The van der Waals surface area contributed by atoms with Crippen molar-refractivity contribution in [1.82, 2.24) is 19.4 Å². The molecule has 0 aromatic carbocycles. The van der Waals surface area contributed by atoms with Crippen molar-refractivity contribution in [3.63, 3.8) is 0 Å². The fourth-order valence-corrected chi connectivity index (χ4v) is 2.62. The first-order valence-electron chi connectivity index (χ1n) is 6.09. The number of hydrogen-bond acceptors (Lipinski definition) is 6. The van der Waals surface area contributed by atoms with Crippen LogP contribution in [0.4, 0.5) is 5.82 Å². The van der Waals surface area contributed by atoms with Crippen LogP contribution in [0.3, 0.4) is 0 Å². The molecule has 0 unspecified atom stereocenters. The number of nitrogens with two attached hydrogens (primary N) is 1. The number of H-pyrrole nitrogens is 1. The van der Waals surface area contributed by atoms with E-state index in [0.29, 0.717) is 22.3 Å². The van der Waals surface area contributed by atoms with Crippen LogP contribution in [-0.2, 0) is 5.75 Å². The van der Waals surface area contributed by atoms with Crippen LogP contribution >= 0.6 is 11.8 Å². The Morgan fingerprint density at radius 1 is 1.24 bits per heavy atom. The van der Waals surface area contributed by atoms with E-state index in [1.807, 2.05) is 6.07 Å². The van der Waals surface area contributed by atoms with E-state index in [9.17, 15) is 9.59 Å². The number of nitrogens with one attached hydrogen (secondary N) is 1. The zero-order chi connectivity index (χ0) is 14.8. The van der Waals surface area contributed by atoms with Gasteiger partial charge in [0.2, 0.25) is 0 Å². The van der Waals surface area contributed by atoms with Crippen molar-refractivity contribution in [2.45, 2.75) is 10.9 Å². The molecule has 3 N–H and O–H groups in total. The number of fused-ring (bicyclic) bond motifs is 1. The Hall–Kier alpha value is -2.61. The maximum Gasteiger partial charge on any atom is 0.258 e. The molecular formula is C13H11N5O2S. The molecule has 0 fully saturated rings. The van der Waals surface area contributed by atoms with Crippen LogP contribution < -0.4 is 16.9 Å². The number of rotatable bonds is 3. The highest BCUT2D eigenvalue weighted by Crippen LogP contribution is 2.17. The van der Waals surface area contributed by atoms with E-state index in [0.717, 1.165) is 0 Å². The van der Waals surface area contributed by atoms with Crippen molar-refractivity contribution >= 4 is 23.2 Å². The van der Waals surface area contributed by atoms with Gasteiger partial charge in [-0.1, -0.05) is 17.8 Å². The molecule has 3 aromatic rings. The van der Waals surface area contributed by atoms with Crippen LogP contribution in [0.1, 0.15) is 5.69 Å². The number of nitrogen functional groups attached to an aromatic ring is 1. The Labute approximate surface area is 122 Å². The zero-order valence-corrected chi connectivity index (χ0v) is 11.6. The highest BCUT2D eigenvalue weighted by atomic mass is 32.2. The summed E-state index contributed by atoms with van der Waals surface area (Å²) in [5.74, 6) is 0.570. The third-order valence-corrected chi connectivity index (χ3v) is 3.63. The number of anilines is 1. The Kier molecular flexibility index (Phi) is 3.44. The largest absolute Gasteiger partial charge is 0.383 e. The van der Waals surface area contributed by atoms with Gasteiger partial charge in [-0.3, -0.25) is 14.0 Å². The lowest BCUT2D eigenvalue weighted by atomic mass is 10.4. The van der Waals surface area contributed by atoms with Gasteiger partial charge >= 0.3 is 0 Å². The SMILES string of the molecule is Nc1cc(=O)[nH]c(SCc2cc(=O)n3ccccc3n2)n1. The molecule has 106 valence electrons. The van der Waals surface area contributed by atoms with Gasteiger partial charge in [0.25, 0.3) is 11.1 Å². The third kappa shape index (κ3) is 2.95. The van der Waals surface area contributed by atoms with Gasteiger partial charge in [-0.15, -0.1) is 0 Å². The van der Waals surface area contributed by atoms with E-state index >= 15 is 0 Å². The summed E-state index contributed by atoms with van der Waals surface area (Å²) >= 11 is 1.26. The van der Waals surface area contributed by atoms with Crippen molar-refractivity contribution in [2.24, 2.45) is 0 Å². The van der Waals surface area contributed by atoms with Gasteiger partial charge in [0.05, 0.1) is 5.69 Å². The van der Waals surface area contributed by atoms with E-state index in [-0.39, 0.29) is 16.9 Å². The molecule has 0 aliphatic rings. The highest BCUT2D eigenvalue weighted by molar-refractivity contribution is 7.98. The number of aromatic nitrogens is 4. The molecule has 0 atom stereocenters. The summed E-state index contributed by atoms with van der Waals surface area (Å²) in [5, 5.41) is 0.398. The molecule has 0 saturated heterocycles. The summed E-state index contributed by atoms with van der Waals surface area (Å²) in [6.07, 6.45) is 1.67. The van der Waals surface area contributed by atoms with E-state index in [1.165, 1.54) is 28.3 Å². The zero-order valence-electron chi connectivity index (χ0n) is 10.8. The lowest BCUT2D eigenvalue weighted by Crippen LogP contribution is -2.15. The minimum atomic E-state index is -0.309. The van der Waals surface area contributed by atoms with Crippen molar-refractivity contribution < 1.29 is 0 Å². The fraction of sp³-hybridized carbons (Fsp3) is 0.0769. The molecule has 0 aliphatic heterocycles. The van der Waals surface area contributed by atoms with Crippen molar-refractivity contribution in [2.75, 3.05) is 5.73 Å². The molecule has 8 heteroatoms. The summed E-state index contributed by atoms with van der Waals surface area (Å²) < 4.78 is 1.47. The van der Waals surface area contributed by atoms with Crippen LogP contribution in [0.2, 0.25) is 0 Å². The summed E-state index contributed by atoms with van der Waals surface area (Å²) in [4.78, 5) is 34.2. The first-order chi connectivity index (χ1) is 10.1. The predicted molar refractivity (Wildman–Crippen MR) is 80.3 cm³/mol. The van der Waals surface area contributed by atoms with Crippen molar-refractivity contribution in [1.29, 1.82) is 0 Å². The second-order valence-corrected chi connectivity index (χ2v) is 5.24. The van der Waals surface area contributed by atoms with Crippen molar-refractivity contribution in [3.8, 4) is 0 Å². The Morgan fingerprint density at radius 3 is 2.90 bits per heavy atom. The van der Waals surface area contributed by atoms with Crippen molar-refractivity contribution in [3.05, 3.63) is 62.9 Å². The van der Waals surface area contributed by atoms with Gasteiger partial charge in [0, 0.05) is 24.1 Å². The molecule has 0 aliphatic carbocycles. The topological polar surface area (TPSA) is 106 Å². The summed E-state index contributed by atoms with van der Waals surface area (Å²) in [5.41, 5.74) is 6.25. The van der Waals surface area contributed by atoms with Gasteiger partial charge in [-0.25, -0.2) is 9.97 Å². The Balaban J connectivity index is 1.88. The van der Waals surface area contributed by atoms with Gasteiger partial charge in [-0.05, 0) is 12.1 Å². The standard InChI is InChI=1S/C13H11N5O2S/c14-9-6-11(19)17-13(16-9)21-7-8-5-12(20)18-4-2-1-3-10(18)15-8/h1-6H,7H2,(H3,14,16,17,19). The maximum absolute atomic E-state index is 11.9. The molecule has 0 amide bonds.